The topological polar surface area (TPSA) is 57.5 Å². The molecule has 3 nitrogen and oxygen atoms in total. The Bertz CT molecular complexity index is 282. The zero-order chi connectivity index (χ0) is 15.6. The lowest BCUT2D eigenvalue weighted by Gasteiger charge is -1.98. The van der Waals surface area contributed by atoms with Crippen LogP contribution >= 0.6 is 0 Å². The van der Waals surface area contributed by atoms with E-state index in [1.807, 2.05) is 0 Å². The molecule has 2 N–H and O–H groups in total. The molecule has 21 heavy (non-hydrogen) atoms. The monoisotopic (exact) mass is 296 g/mol. The lowest BCUT2D eigenvalue weighted by atomic mass is 10.1. The molecule has 0 bridgehead atoms. The van der Waals surface area contributed by atoms with Crippen LogP contribution in [0.3, 0.4) is 0 Å². The van der Waals surface area contributed by atoms with Crippen LogP contribution < -0.4 is 0 Å². The number of rotatable bonds is 15. The van der Waals surface area contributed by atoms with Crippen molar-refractivity contribution < 1.29 is 15.0 Å². The van der Waals surface area contributed by atoms with E-state index in [9.17, 15) is 4.79 Å². The van der Waals surface area contributed by atoms with Gasteiger partial charge in [-0.1, -0.05) is 50.0 Å². The molecule has 0 rings (SSSR count). The summed E-state index contributed by atoms with van der Waals surface area (Å²) >= 11 is 0. The van der Waals surface area contributed by atoms with Crippen LogP contribution in [-0.2, 0) is 4.79 Å². The summed E-state index contributed by atoms with van der Waals surface area (Å²) in [4.78, 5) is 10.3. The highest BCUT2D eigenvalue weighted by Crippen LogP contribution is 2.08. The lowest BCUT2D eigenvalue weighted by Crippen LogP contribution is -1.93. The predicted octanol–water partition coefficient (Wildman–Crippen LogP) is 4.86. The highest BCUT2D eigenvalue weighted by Gasteiger charge is 1.95. The van der Waals surface area contributed by atoms with Gasteiger partial charge in [-0.2, -0.15) is 0 Å². The van der Waals surface area contributed by atoms with Crippen molar-refractivity contribution in [2.75, 3.05) is 6.61 Å². The van der Waals surface area contributed by atoms with Crippen molar-refractivity contribution in [3.05, 3.63) is 24.3 Å². The summed E-state index contributed by atoms with van der Waals surface area (Å²) in [5, 5.41) is 17.1. The van der Waals surface area contributed by atoms with Crippen LogP contribution in [0.5, 0.6) is 0 Å². The molecule has 3 heteroatoms. The Kier molecular flexibility index (Phi) is 16.1. The lowest BCUT2D eigenvalue weighted by molar-refractivity contribution is -0.137. The van der Waals surface area contributed by atoms with Gasteiger partial charge in [-0.15, -0.1) is 0 Å². The van der Waals surface area contributed by atoms with Gasteiger partial charge in [0.05, 0.1) is 0 Å². The number of carbonyl (C=O) groups is 1. The number of hydrogen-bond donors (Lipinski definition) is 2. The van der Waals surface area contributed by atoms with Crippen LogP contribution in [-0.4, -0.2) is 22.8 Å². The van der Waals surface area contributed by atoms with E-state index in [4.69, 9.17) is 10.2 Å². The summed E-state index contributed by atoms with van der Waals surface area (Å²) in [6.45, 7) is 0.312. The molecule has 0 amide bonds. The van der Waals surface area contributed by atoms with Gasteiger partial charge >= 0.3 is 5.97 Å². The molecule has 0 heterocycles. The second-order valence-electron chi connectivity index (χ2n) is 5.45. The minimum atomic E-state index is -0.681. The molecule has 0 aromatic rings. The largest absolute Gasteiger partial charge is 0.481 e. The summed E-state index contributed by atoms with van der Waals surface area (Å²) < 4.78 is 0. The average molecular weight is 296 g/mol. The van der Waals surface area contributed by atoms with Crippen molar-refractivity contribution in [2.45, 2.75) is 77.0 Å². The molecule has 0 aliphatic rings. The third kappa shape index (κ3) is 18.9. The number of hydrogen-bond acceptors (Lipinski definition) is 2. The molecule has 0 radical (unpaired) electrons. The van der Waals surface area contributed by atoms with Crippen LogP contribution in [0.15, 0.2) is 24.3 Å². The molecule has 0 aromatic carbocycles. The molecule has 0 spiro atoms. The number of aliphatic hydroxyl groups excluding tert-OH is 1. The molecule has 0 aliphatic heterocycles. The number of aliphatic hydroxyl groups is 1. The Morgan fingerprint density at radius 1 is 0.714 bits per heavy atom. The van der Waals surface area contributed by atoms with E-state index in [1.165, 1.54) is 19.3 Å². The van der Waals surface area contributed by atoms with E-state index >= 15 is 0 Å². The van der Waals surface area contributed by atoms with Gasteiger partial charge in [0, 0.05) is 13.0 Å². The normalized spacial score (nSPS) is 11.7. The zero-order valence-electron chi connectivity index (χ0n) is 13.3. The van der Waals surface area contributed by atoms with Crippen LogP contribution in [0.25, 0.3) is 0 Å². The highest BCUT2D eigenvalue weighted by atomic mass is 16.4. The van der Waals surface area contributed by atoms with Crippen molar-refractivity contribution in [1.29, 1.82) is 0 Å². The number of carboxylic acid groups (broad SMARTS) is 1. The summed E-state index contributed by atoms with van der Waals surface area (Å²) in [5.74, 6) is -0.681. The molecule has 0 fully saturated rings. The van der Waals surface area contributed by atoms with Crippen LogP contribution in [0.4, 0.5) is 0 Å². The van der Waals surface area contributed by atoms with E-state index in [0.717, 1.165) is 51.4 Å². The maximum absolute atomic E-state index is 10.3. The van der Waals surface area contributed by atoms with Crippen molar-refractivity contribution in [2.24, 2.45) is 0 Å². The van der Waals surface area contributed by atoms with Crippen molar-refractivity contribution in [3.63, 3.8) is 0 Å². The first-order valence-corrected chi connectivity index (χ1v) is 8.40. The SMILES string of the molecule is O=C(O)CCCCCCC/C=C\C/C=C\CCCCCO. The number of carboxylic acids is 1. The number of allylic oxidation sites excluding steroid dienone is 4. The van der Waals surface area contributed by atoms with Crippen LogP contribution in [0.2, 0.25) is 0 Å². The minimum absolute atomic E-state index is 0.312. The van der Waals surface area contributed by atoms with Gasteiger partial charge < -0.3 is 10.2 Å². The minimum Gasteiger partial charge on any atom is -0.481 e. The van der Waals surface area contributed by atoms with Crippen molar-refractivity contribution in [3.8, 4) is 0 Å². The number of aliphatic carboxylic acids is 1. The first-order chi connectivity index (χ1) is 10.3. The summed E-state index contributed by atoms with van der Waals surface area (Å²) in [6, 6.07) is 0. The van der Waals surface area contributed by atoms with Gasteiger partial charge in [0.2, 0.25) is 0 Å². The second-order valence-corrected chi connectivity index (χ2v) is 5.45. The Morgan fingerprint density at radius 3 is 1.81 bits per heavy atom. The van der Waals surface area contributed by atoms with Gasteiger partial charge in [-0.3, -0.25) is 4.79 Å². The van der Waals surface area contributed by atoms with Crippen molar-refractivity contribution >= 4 is 5.97 Å². The molecule has 0 aromatic heterocycles. The second kappa shape index (κ2) is 17.0. The van der Waals surface area contributed by atoms with E-state index in [2.05, 4.69) is 24.3 Å². The summed E-state index contributed by atoms with van der Waals surface area (Å²) in [6.07, 6.45) is 21.1. The van der Waals surface area contributed by atoms with E-state index < -0.39 is 5.97 Å². The third-order valence-electron chi connectivity index (χ3n) is 3.40. The molecule has 0 saturated heterocycles. The first kappa shape index (κ1) is 19.9. The van der Waals surface area contributed by atoms with Crippen molar-refractivity contribution in [1.82, 2.24) is 0 Å². The molecule has 0 saturated carbocycles. The standard InChI is InChI=1S/C18H32O3/c19-17-15-13-11-9-7-5-3-1-2-4-6-8-10-12-14-16-18(20)21/h1-2,5,7,19H,3-4,6,8-17H2,(H,20,21)/b2-1-,7-5-. The zero-order valence-corrected chi connectivity index (χ0v) is 13.3. The van der Waals surface area contributed by atoms with Gasteiger partial charge in [0.15, 0.2) is 0 Å². The Balaban J connectivity index is 3.18. The molecular formula is C18H32O3. The highest BCUT2D eigenvalue weighted by molar-refractivity contribution is 5.66. The van der Waals surface area contributed by atoms with Gasteiger partial charge in [-0.25, -0.2) is 0 Å². The third-order valence-corrected chi connectivity index (χ3v) is 3.40. The maximum Gasteiger partial charge on any atom is 0.303 e. The molecular weight excluding hydrogens is 264 g/mol. The summed E-state index contributed by atoms with van der Waals surface area (Å²) in [5.41, 5.74) is 0. The molecule has 0 atom stereocenters. The quantitative estimate of drug-likeness (QED) is 0.335. The molecule has 122 valence electrons. The van der Waals surface area contributed by atoms with Gasteiger partial charge in [-0.05, 0) is 44.9 Å². The average Bonchev–Trinajstić information content (AvgIpc) is 2.46. The predicted molar refractivity (Wildman–Crippen MR) is 88.4 cm³/mol. The van der Waals surface area contributed by atoms with E-state index in [1.54, 1.807) is 0 Å². The van der Waals surface area contributed by atoms with Crippen LogP contribution in [0, 0.1) is 0 Å². The fraction of sp³-hybridized carbons (Fsp3) is 0.722. The maximum atomic E-state index is 10.3. The Labute approximate surface area is 129 Å². The smallest absolute Gasteiger partial charge is 0.303 e. The van der Waals surface area contributed by atoms with E-state index in [0.29, 0.717) is 13.0 Å². The Morgan fingerprint density at radius 2 is 1.24 bits per heavy atom. The van der Waals surface area contributed by atoms with Gasteiger partial charge in [0.25, 0.3) is 0 Å². The van der Waals surface area contributed by atoms with Crippen LogP contribution in [0.1, 0.15) is 77.0 Å². The van der Waals surface area contributed by atoms with Gasteiger partial charge in [0.1, 0.15) is 0 Å². The fourth-order valence-electron chi connectivity index (χ4n) is 2.13. The fourth-order valence-corrected chi connectivity index (χ4v) is 2.13. The Hall–Kier alpha value is -1.09. The first-order valence-electron chi connectivity index (χ1n) is 8.40. The summed E-state index contributed by atoms with van der Waals surface area (Å²) in [7, 11) is 0. The molecule has 0 unspecified atom stereocenters. The molecule has 0 aliphatic carbocycles. The van der Waals surface area contributed by atoms with E-state index in [-0.39, 0.29) is 0 Å². The number of unbranched alkanes of at least 4 members (excludes halogenated alkanes) is 8.